The van der Waals surface area contributed by atoms with Crippen LogP contribution in [-0.2, 0) is 0 Å². The van der Waals surface area contributed by atoms with Crippen LogP contribution in [-0.4, -0.2) is 6.61 Å². The normalized spacial score (nSPS) is 18.8. The van der Waals surface area contributed by atoms with Crippen molar-refractivity contribution in [1.82, 2.24) is 5.43 Å². The Balaban J connectivity index is 2.14. The van der Waals surface area contributed by atoms with Crippen LogP contribution < -0.4 is 16.0 Å². The molecule has 3 nitrogen and oxygen atoms in total. The first-order valence-electron chi connectivity index (χ1n) is 8.54. The lowest BCUT2D eigenvalue weighted by Crippen LogP contribution is -2.34. The van der Waals surface area contributed by atoms with Crippen molar-refractivity contribution in [3.8, 4) is 5.75 Å². The van der Waals surface area contributed by atoms with Crippen molar-refractivity contribution in [2.24, 2.45) is 11.8 Å². The monoisotopic (exact) mass is 290 g/mol. The van der Waals surface area contributed by atoms with E-state index in [1.54, 1.807) is 0 Å². The van der Waals surface area contributed by atoms with E-state index >= 15 is 0 Å². The molecule has 1 aliphatic rings. The topological polar surface area (TPSA) is 47.3 Å². The first-order valence-corrected chi connectivity index (χ1v) is 8.54. The van der Waals surface area contributed by atoms with Crippen LogP contribution in [0.3, 0.4) is 0 Å². The highest BCUT2D eigenvalue weighted by Gasteiger charge is 2.25. The third kappa shape index (κ3) is 4.72. The summed E-state index contributed by atoms with van der Waals surface area (Å²) < 4.78 is 5.92. The number of para-hydroxylation sites is 1. The standard InChI is InChI=1S/C18H30N2O/c1-2-14-21-17-13-9-8-12-16(17)18(20-19)15-10-6-4-3-5-7-11-15/h8-9,12-13,15,18,20H,2-7,10-11,14,19H2,1H3. The minimum atomic E-state index is 0.205. The van der Waals surface area contributed by atoms with E-state index in [-0.39, 0.29) is 6.04 Å². The molecular formula is C18H30N2O. The van der Waals surface area contributed by atoms with Gasteiger partial charge in [-0.05, 0) is 31.2 Å². The van der Waals surface area contributed by atoms with E-state index in [0.29, 0.717) is 5.92 Å². The minimum absolute atomic E-state index is 0.205. The predicted octanol–water partition coefficient (Wildman–Crippen LogP) is 4.34. The molecule has 1 unspecified atom stereocenters. The molecule has 2 rings (SSSR count). The smallest absolute Gasteiger partial charge is 0.124 e. The Morgan fingerprint density at radius 2 is 1.81 bits per heavy atom. The Labute approximate surface area is 129 Å². The van der Waals surface area contributed by atoms with Crippen LogP contribution in [0.15, 0.2) is 24.3 Å². The highest BCUT2D eigenvalue weighted by Crippen LogP contribution is 2.36. The zero-order valence-corrected chi connectivity index (χ0v) is 13.3. The van der Waals surface area contributed by atoms with Gasteiger partial charge < -0.3 is 4.74 Å². The average molecular weight is 290 g/mol. The maximum Gasteiger partial charge on any atom is 0.124 e. The zero-order chi connectivity index (χ0) is 14.9. The van der Waals surface area contributed by atoms with Gasteiger partial charge in [-0.3, -0.25) is 11.3 Å². The first kappa shape index (κ1) is 16.3. The van der Waals surface area contributed by atoms with E-state index in [9.17, 15) is 0 Å². The fraction of sp³-hybridized carbons (Fsp3) is 0.667. The average Bonchev–Trinajstić information content (AvgIpc) is 2.48. The number of nitrogens with one attached hydrogen (secondary N) is 1. The summed E-state index contributed by atoms with van der Waals surface area (Å²) in [5, 5.41) is 0. The van der Waals surface area contributed by atoms with Crippen LogP contribution in [0.4, 0.5) is 0 Å². The van der Waals surface area contributed by atoms with Crippen LogP contribution >= 0.6 is 0 Å². The molecule has 0 radical (unpaired) electrons. The van der Waals surface area contributed by atoms with Gasteiger partial charge in [-0.1, -0.05) is 57.2 Å². The molecule has 1 saturated carbocycles. The predicted molar refractivity (Wildman–Crippen MR) is 88.1 cm³/mol. The van der Waals surface area contributed by atoms with Crippen LogP contribution in [0, 0.1) is 5.92 Å². The van der Waals surface area contributed by atoms with Crippen LogP contribution in [0.1, 0.15) is 69.9 Å². The van der Waals surface area contributed by atoms with Gasteiger partial charge in [0.1, 0.15) is 5.75 Å². The van der Waals surface area contributed by atoms with E-state index in [2.05, 4.69) is 30.5 Å². The van der Waals surface area contributed by atoms with Gasteiger partial charge in [0.15, 0.2) is 0 Å². The Morgan fingerprint density at radius 3 is 2.48 bits per heavy atom. The van der Waals surface area contributed by atoms with Gasteiger partial charge in [0.2, 0.25) is 0 Å². The number of nitrogens with two attached hydrogens (primary N) is 1. The number of ether oxygens (including phenoxy) is 1. The van der Waals surface area contributed by atoms with Crippen molar-refractivity contribution < 1.29 is 4.74 Å². The molecule has 0 heterocycles. The Morgan fingerprint density at radius 1 is 1.14 bits per heavy atom. The van der Waals surface area contributed by atoms with E-state index in [1.807, 2.05) is 6.07 Å². The van der Waals surface area contributed by atoms with Crippen molar-refractivity contribution in [3.63, 3.8) is 0 Å². The number of hydrazine groups is 1. The van der Waals surface area contributed by atoms with Gasteiger partial charge in [0.25, 0.3) is 0 Å². The number of rotatable bonds is 6. The molecule has 0 aromatic heterocycles. The van der Waals surface area contributed by atoms with E-state index in [0.717, 1.165) is 18.8 Å². The second kappa shape index (κ2) is 9.06. The van der Waals surface area contributed by atoms with Crippen molar-refractivity contribution >= 4 is 0 Å². The lowest BCUT2D eigenvalue weighted by molar-refractivity contribution is 0.271. The molecule has 118 valence electrons. The molecule has 3 N–H and O–H groups in total. The molecule has 1 aromatic carbocycles. The molecule has 0 amide bonds. The number of hydrogen-bond acceptors (Lipinski definition) is 3. The second-order valence-corrected chi connectivity index (χ2v) is 6.14. The lowest BCUT2D eigenvalue weighted by atomic mass is 9.83. The summed E-state index contributed by atoms with van der Waals surface area (Å²) >= 11 is 0. The first-order chi connectivity index (χ1) is 10.4. The van der Waals surface area contributed by atoms with E-state index < -0.39 is 0 Å². The lowest BCUT2D eigenvalue weighted by Gasteiger charge is -2.29. The summed E-state index contributed by atoms with van der Waals surface area (Å²) in [5.74, 6) is 7.52. The van der Waals surface area contributed by atoms with Gasteiger partial charge in [0, 0.05) is 5.56 Å². The van der Waals surface area contributed by atoms with Gasteiger partial charge in [-0.25, -0.2) is 0 Å². The Hall–Kier alpha value is -1.06. The summed E-state index contributed by atoms with van der Waals surface area (Å²) in [6.45, 7) is 2.90. The van der Waals surface area contributed by atoms with Gasteiger partial charge in [-0.2, -0.15) is 0 Å². The maximum absolute atomic E-state index is 5.92. The molecule has 1 aromatic rings. The van der Waals surface area contributed by atoms with E-state index in [1.165, 1.54) is 50.5 Å². The largest absolute Gasteiger partial charge is 0.493 e. The molecule has 0 saturated heterocycles. The third-order valence-corrected chi connectivity index (χ3v) is 4.52. The molecule has 0 bridgehead atoms. The molecule has 0 spiro atoms. The Kier molecular flexibility index (Phi) is 7.04. The summed E-state index contributed by atoms with van der Waals surface area (Å²) in [4.78, 5) is 0. The number of benzene rings is 1. The summed E-state index contributed by atoms with van der Waals surface area (Å²) in [7, 11) is 0. The van der Waals surface area contributed by atoms with Crippen molar-refractivity contribution in [1.29, 1.82) is 0 Å². The summed E-state index contributed by atoms with van der Waals surface area (Å²) in [5.41, 5.74) is 4.29. The minimum Gasteiger partial charge on any atom is -0.493 e. The summed E-state index contributed by atoms with van der Waals surface area (Å²) in [6, 6.07) is 8.56. The maximum atomic E-state index is 5.92. The van der Waals surface area contributed by atoms with Gasteiger partial charge in [-0.15, -0.1) is 0 Å². The summed E-state index contributed by atoms with van der Waals surface area (Å²) in [6.07, 6.45) is 10.3. The van der Waals surface area contributed by atoms with Crippen LogP contribution in [0.5, 0.6) is 5.75 Å². The second-order valence-electron chi connectivity index (χ2n) is 6.14. The fourth-order valence-corrected chi connectivity index (χ4v) is 3.38. The highest BCUT2D eigenvalue weighted by atomic mass is 16.5. The number of hydrogen-bond donors (Lipinski definition) is 2. The van der Waals surface area contributed by atoms with Crippen LogP contribution in [0.2, 0.25) is 0 Å². The van der Waals surface area contributed by atoms with Crippen molar-refractivity contribution in [3.05, 3.63) is 29.8 Å². The molecule has 21 heavy (non-hydrogen) atoms. The zero-order valence-electron chi connectivity index (χ0n) is 13.3. The molecule has 1 fully saturated rings. The van der Waals surface area contributed by atoms with E-state index in [4.69, 9.17) is 10.6 Å². The van der Waals surface area contributed by atoms with Crippen molar-refractivity contribution in [2.75, 3.05) is 6.61 Å². The van der Waals surface area contributed by atoms with Gasteiger partial charge >= 0.3 is 0 Å². The SMILES string of the molecule is CCCOc1ccccc1C(NN)C1CCCCCCC1. The highest BCUT2D eigenvalue weighted by molar-refractivity contribution is 5.36. The molecule has 0 aliphatic heterocycles. The Bertz CT molecular complexity index is 400. The third-order valence-electron chi connectivity index (χ3n) is 4.52. The molecular weight excluding hydrogens is 260 g/mol. The molecule has 1 aliphatic carbocycles. The van der Waals surface area contributed by atoms with Crippen molar-refractivity contribution in [2.45, 2.75) is 64.3 Å². The van der Waals surface area contributed by atoms with Gasteiger partial charge in [0.05, 0.1) is 12.6 Å². The molecule has 1 atom stereocenters. The van der Waals surface area contributed by atoms with Crippen LogP contribution in [0.25, 0.3) is 0 Å². The molecule has 3 heteroatoms. The quantitative estimate of drug-likeness (QED) is 0.605. The fourth-order valence-electron chi connectivity index (χ4n) is 3.38.